The zero-order valence-corrected chi connectivity index (χ0v) is 25.8. The number of thiazole rings is 1. The average molecular weight is 653 g/mol. The summed E-state index contributed by atoms with van der Waals surface area (Å²) in [6.07, 6.45) is 1.60. The standard InChI is InChI=1S/C30H26BrN3O7S/c1-6-40-29(36)26-17(4)32-30-33(27(26)18-7-9-24(39-5)21(31)12-18)28(35)25(42-30)14-20-8-10-23(41-20)19-11-15(2)16(3)22(13-19)34(37)38/h7-14,27H,6H2,1-5H3/b25-14+/t27-/m1/s1. The Morgan fingerprint density at radius 1 is 1.21 bits per heavy atom. The van der Waals surface area contributed by atoms with Gasteiger partial charge in [0.05, 0.1) is 45.0 Å². The molecule has 216 valence electrons. The number of rotatable bonds is 7. The van der Waals surface area contributed by atoms with Crippen molar-refractivity contribution >= 4 is 45.0 Å². The van der Waals surface area contributed by atoms with Gasteiger partial charge in [0.2, 0.25) is 0 Å². The number of aromatic nitrogens is 1. The lowest BCUT2D eigenvalue weighted by molar-refractivity contribution is -0.385. The van der Waals surface area contributed by atoms with E-state index in [-0.39, 0.29) is 23.4 Å². The molecule has 0 saturated carbocycles. The van der Waals surface area contributed by atoms with Gasteiger partial charge in [-0.2, -0.15) is 0 Å². The van der Waals surface area contributed by atoms with Crippen LogP contribution >= 0.6 is 27.3 Å². The number of nitro groups is 1. The Morgan fingerprint density at radius 3 is 2.64 bits per heavy atom. The first-order valence-electron chi connectivity index (χ1n) is 12.9. The highest BCUT2D eigenvalue weighted by atomic mass is 79.9. The summed E-state index contributed by atoms with van der Waals surface area (Å²) in [6, 6.07) is 11.3. The van der Waals surface area contributed by atoms with Crippen molar-refractivity contribution in [2.75, 3.05) is 13.7 Å². The number of hydrogen-bond acceptors (Lipinski definition) is 9. The van der Waals surface area contributed by atoms with Gasteiger partial charge in [0.25, 0.3) is 11.2 Å². The maximum atomic E-state index is 13.9. The average Bonchev–Trinajstić information content (AvgIpc) is 3.53. The minimum absolute atomic E-state index is 0.00852. The summed E-state index contributed by atoms with van der Waals surface area (Å²) < 4.78 is 19.2. The number of nitrogens with zero attached hydrogens (tertiary/aromatic N) is 3. The SMILES string of the molecule is CCOC(=O)C1=C(C)N=c2s/c(=C/c3ccc(-c4cc(C)c(C)c([N+](=O)[O-])c4)o3)c(=O)n2[C@@H]1c1ccc(OC)c(Br)c1. The minimum Gasteiger partial charge on any atom is -0.496 e. The van der Waals surface area contributed by atoms with E-state index < -0.39 is 16.9 Å². The van der Waals surface area contributed by atoms with Gasteiger partial charge in [0.1, 0.15) is 17.3 Å². The van der Waals surface area contributed by atoms with Crippen molar-refractivity contribution in [1.82, 2.24) is 4.57 Å². The third kappa shape index (κ3) is 5.23. The van der Waals surface area contributed by atoms with Gasteiger partial charge >= 0.3 is 5.97 Å². The normalized spacial score (nSPS) is 14.9. The number of aryl methyl sites for hydroxylation is 1. The van der Waals surface area contributed by atoms with Crippen molar-refractivity contribution in [3.8, 4) is 17.1 Å². The monoisotopic (exact) mass is 651 g/mol. The van der Waals surface area contributed by atoms with Crippen molar-refractivity contribution in [1.29, 1.82) is 0 Å². The third-order valence-corrected chi connectivity index (χ3v) is 8.63. The number of carbonyl (C=O) groups is 1. The van der Waals surface area contributed by atoms with Gasteiger partial charge in [-0.3, -0.25) is 19.5 Å². The number of halogens is 1. The number of benzene rings is 2. The molecule has 0 spiro atoms. The van der Waals surface area contributed by atoms with Gasteiger partial charge in [-0.05, 0) is 85.1 Å². The number of allylic oxidation sites excluding steroid dienone is 1. The predicted octanol–water partition coefficient (Wildman–Crippen LogP) is 5.35. The van der Waals surface area contributed by atoms with Crippen LogP contribution in [0.15, 0.2) is 72.4 Å². The van der Waals surface area contributed by atoms with Crippen molar-refractivity contribution in [3.63, 3.8) is 0 Å². The fourth-order valence-electron chi connectivity index (χ4n) is 4.85. The first-order chi connectivity index (χ1) is 20.0. The molecular formula is C30H26BrN3O7S. The second kappa shape index (κ2) is 11.5. The molecule has 42 heavy (non-hydrogen) atoms. The summed E-state index contributed by atoms with van der Waals surface area (Å²) in [5.74, 6) is 0.873. The molecule has 0 fully saturated rings. The number of ether oxygens (including phenoxy) is 2. The molecule has 2 aromatic heterocycles. The molecule has 1 aliphatic heterocycles. The van der Waals surface area contributed by atoms with E-state index >= 15 is 0 Å². The highest BCUT2D eigenvalue weighted by molar-refractivity contribution is 9.10. The predicted molar refractivity (Wildman–Crippen MR) is 161 cm³/mol. The van der Waals surface area contributed by atoms with Crippen LogP contribution in [0, 0.1) is 24.0 Å². The molecule has 3 heterocycles. The number of hydrogen-bond donors (Lipinski definition) is 0. The number of furan rings is 1. The van der Waals surface area contributed by atoms with E-state index in [0.29, 0.717) is 53.5 Å². The molecule has 0 N–H and O–H groups in total. The molecule has 1 atom stereocenters. The molecule has 2 aromatic carbocycles. The van der Waals surface area contributed by atoms with Crippen LogP contribution < -0.4 is 19.6 Å². The second-order valence-electron chi connectivity index (χ2n) is 9.59. The number of carbonyl (C=O) groups excluding carboxylic acids is 1. The summed E-state index contributed by atoms with van der Waals surface area (Å²) >= 11 is 4.68. The summed E-state index contributed by atoms with van der Waals surface area (Å²) in [7, 11) is 1.55. The van der Waals surface area contributed by atoms with Crippen LogP contribution in [0.2, 0.25) is 0 Å². The van der Waals surface area contributed by atoms with Crippen molar-refractivity contribution < 1.29 is 23.6 Å². The topological polar surface area (TPSA) is 126 Å². The summed E-state index contributed by atoms with van der Waals surface area (Å²) in [6.45, 7) is 7.12. The molecule has 12 heteroatoms. The van der Waals surface area contributed by atoms with Crippen LogP contribution in [0.3, 0.4) is 0 Å². The number of nitro benzene ring substituents is 1. The molecule has 4 aromatic rings. The van der Waals surface area contributed by atoms with Crippen LogP contribution in [0.4, 0.5) is 5.69 Å². The van der Waals surface area contributed by atoms with Crippen molar-refractivity contribution in [2.24, 2.45) is 4.99 Å². The Balaban J connectivity index is 1.63. The fraction of sp³-hybridized carbons (Fsp3) is 0.233. The van der Waals surface area contributed by atoms with E-state index in [2.05, 4.69) is 20.9 Å². The van der Waals surface area contributed by atoms with Gasteiger partial charge in [-0.15, -0.1) is 0 Å². The molecule has 0 radical (unpaired) electrons. The van der Waals surface area contributed by atoms with Crippen LogP contribution in [0.25, 0.3) is 17.4 Å². The Labute approximate surface area is 252 Å². The van der Waals surface area contributed by atoms with E-state index in [1.807, 2.05) is 6.07 Å². The highest BCUT2D eigenvalue weighted by Crippen LogP contribution is 2.35. The van der Waals surface area contributed by atoms with E-state index in [1.54, 1.807) is 71.2 Å². The molecule has 0 aliphatic carbocycles. The van der Waals surface area contributed by atoms with Gasteiger partial charge in [-0.1, -0.05) is 17.4 Å². The lowest BCUT2D eigenvalue weighted by Gasteiger charge is -2.25. The van der Waals surface area contributed by atoms with Crippen molar-refractivity contribution in [2.45, 2.75) is 33.7 Å². The molecule has 0 unspecified atom stereocenters. The van der Waals surface area contributed by atoms with Gasteiger partial charge < -0.3 is 13.9 Å². The molecule has 1 aliphatic rings. The Morgan fingerprint density at radius 2 is 1.98 bits per heavy atom. The van der Waals surface area contributed by atoms with E-state index in [0.717, 1.165) is 5.56 Å². The third-order valence-electron chi connectivity index (χ3n) is 7.03. The maximum absolute atomic E-state index is 13.9. The van der Waals surface area contributed by atoms with E-state index in [1.165, 1.54) is 22.0 Å². The second-order valence-corrected chi connectivity index (χ2v) is 11.5. The molecule has 0 amide bonds. The zero-order valence-electron chi connectivity index (χ0n) is 23.4. The molecule has 0 bridgehead atoms. The summed E-state index contributed by atoms with van der Waals surface area (Å²) in [5, 5.41) is 11.5. The zero-order chi connectivity index (χ0) is 30.3. The summed E-state index contributed by atoms with van der Waals surface area (Å²) in [5.41, 5.74) is 2.96. The number of methoxy groups -OCH3 is 1. The van der Waals surface area contributed by atoms with Crippen LogP contribution in [0.1, 0.15) is 42.3 Å². The Bertz CT molecular complexity index is 1970. The van der Waals surface area contributed by atoms with Crippen LogP contribution in [-0.4, -0.2) is 29.2 Å². The fourth-order valence-corrected chi connectivity index (χ4v) is 6.43. The van der Waals surface area contributed by atoms with Crippen LogP contribution in [0.5, 0.6) is 5.75 Å². The lowest BCUT2D eigenvalue weighted by Crippen LogP contribution is -2.39. The molecular weight excluding hydrogens is 626 g/mol. The minimum atomic E-state index is -0.784. The Hall–Kier alpha value is -4.29. The maximum Gasteiger partial charge on any atom is 0.338 e. The van der Waals surface area contributed by atoms with Crippen LogP contribution in [-0.2, 0) is 9.53 Å². The Kier molecular flexibility index (Phi) is 8.02. The lowest BCUT2D eigenvalue weighted by atomic mass is 9.96. The quantitative estimate of drug-likeness (QED) is 0.150. The number of esters is 1. The van der Waals surface area contributed by atoms with E-state index in [9.17, 15) is 19.7 Å². The summed E-state index contributed by atoms with van der Waals surface area (Å²) in [4.78, 5) is 43.1. The first-order valence-corrected chi connectivity index (χ1v) is 14.5. The van der Waals surface area contributed by atoms with Gasteiger partial charge in [0.15, 0.2) is 4.80 Å². The van der Waals surface area contributed by atoms with E-state index in [4.69, 9.17) is 13.9 Å². The molecule has 10 nitrogen and oxygen atoms in total. The van der Waals surface area contributed by atoms with Gasteiger partial charge in [0, 0.05) is 23.3 Å². The first kappa shape index (κ1) is 29.2. The van der Waals surface area contributed by atoms with Crippen molar-refractivity contribution in [3.05, 3.63) is 110 Å². The largest absolute Gasteiger partial charge is 0.496 e. The smallest absolute Gasteiger partial charge is 0.338 e. The van der Waals surface area contributed by atoms with Gasteiger partial charge in [-0.25, -0.2) is 9.79 Å². The molecule has 0 saturated heterocycles. The number of fused-ring (bicyclic) bond motifs is 1. The molecule has 5 rings (SSSR count). The highest BCUT2D eigenvalue weighted by Gasteiger charge is 2.33.